The van der Waals surface area contributed by atoms with Crippen LogP contribution < -0.4 is 0 Å². The highest BCUT2D eigenvalue weighted by Crippen LogP contribution is 2.23. The van der Waals surface area contributed by atoms with Gasteiger partial charge in [0.1, 0.15) is 10.8 Å². The van der Waals surface area contributed by atoms with Gasteiger partial charge in [0.2, 0.25) is 0 Å². The molecule has 3 rings (SSSR count). The van der Waals surface area contributed by atoms with Crippen LogP contribution in [0.25, 0.3) is 10.8 Å². The molecule has 0 spiro atoms. The number of aromatic nitrogens is 1. The molecule has 1 aromatic carbocycles. The third-order valence-corrected chi connectivity index (χ3v) is 3.35. The van der Waals surface area contributed by atoms with Crippen molar-refractivity contribution >= 4 is 28.3 Å². The predicted octanol–water partition coefficient (Wildman–Crippen LogP) is 1.70. The first kappa shape index (κ1) is 11.4. The van der Waals surface area contributed by atoms with E-state index in [1.165, 1.54) is 0 Å². The van der Waals surface area contributed by atoms with Gasteiger partial charge in [-0.25, -0.2) is 4.98 Å². The fourth-order valence-electron chi connectivity index (χ4n) is 2.05. The second kappa shape index (κ2) is 4.23. The second-order valence-corrected chi connectivity index (χ2v) is 4.74. The van der Waals surface area contributed by atoms with Crippen LogP contribution >= 0.6 is 11.6 Å². The van der Waals surface area contributed by atoms with Crippen molar-refractivity contribution in [2.45, 2.75) is 6.10 Å². The molecule has 1 aliphatic heterocycles. The van der Waals surface area contributed by atoms with Gasteiger partial charge in [-0.2, -0.15) is 0 Å². The highest BCUT2D eigenvalue weighted by atomic mass is 35.5. The summed E-state index contributed by atoms with van der Waals surface area (Å²) in [5, 5.41) is 11.3. The van der Waals surface area contributed by atoms with Crippen LogP contribution in [0.4, 0.5) is 0 Å². The molecule has 0 atom stereocenters. The van der Waals surface area contributed by atoms with Crippen LogP contribution in [0.1, 0.15) is 10.5 Å². The standard InChI is InChI=1S/C13H11ClN2O2/c14-12-10-4-2-1-3-8(10)5-11(15-12)13(18)16-6-9(17)7-16/h1-5,9,17H,6-7H2. The molecule has 1 N–H and O–H groups in total. The van der Waals surface area contributed by atoms with Gasteiger partial charge in [0.25, 0.3) is 5.91 Å². The molecule has 1 saturated heterocycles. The van der Waals surface area contributed by atoms with E-state index in [1.54, 1.807) is 11.0 Å². The summed E-state index contributed by atoms with van der Waals surface area (Å²) in [6.07, 6.45) is -0.412. The third-order valence-electron chi connectivity index (χ3n) is 3.06. The maximum Gasteiger partial charge on any atom is 0.272 e. The average molecular weight is 263 g/mol. The van der Waals surface area contributed by atoms with Crippen molar-refractivity contribution in [3.8, 4) is 0 Å². The molecule has 4 nitrogen and oxygen atoms in total. The minimum Gasteiger partial charge on any atom is -0.389 e. The maximum absolute atomic E-state index is 12.1. The van der Waals surface area contributed by atoms with Gasteiger partial charge >= 0.3 is 0 Å². The fraction of sp³-hybridized carbons (Fsp3) is 0.231. The Kier molecular flexibility index (Phi) is 2.69. The van der Waals surface area contributed by atoms with E-state index >= 15 is 0 Å². The maximum atomic E-state index is 12.1. The number of pyridine rings is 1. The summed E-state index contributed by atoms with van der Waals surface area (Å²) in [6.45, 7) is 0.732. The summed E-state index contributed by atoms with van der Waals surface area (Å²) in [4.78, 5) is 17.7. The Morgan fingerprint density at radius 2 is 2.11 bits per heavy atom. The Bertz CT molecular complexity index is 623. The average Bonchev–Trinajstić information content (AvgIpc) is 2.34. The summed E-state index contributed by atoms with van der Waals surface area (Å²) in [7, 11) is 0. The van der Waals surface area contributed by atoms with E-state index in [9.17, 15) is 9.90 Å². The molecule has 0 saturated carbocycles. The topological polar surface area (TPSA) is 53.4 Å². The first-order valence-electron chi connectivity index (χ1n) is 5.68. The number of hydrogen-bond acceptors (Lipinski definition) is 3. The number of hydrogen-bond donors (Lipinski definition) is 1. The molecule has 92 valence electrons. The van der Waals surface area contributed by atoms with Gasteiger partial charge in [-0.15, -0.1) is 0 Å². The molecule has 18 heavy (non-hydrogen) atoms. The van der Waals surface area contributed by atoms with Crippen LogP contribution in [0.3, 0.4) is 0 Å². The van der Waals surface area contributed by atoms with Crippen molar-refractivity contribution in [2.24, 2.45) is 0 Å². The number of amides is 1. The SMILES string of the molecule is O=C(c1cc2ccccc2c(Cl)n1)N1CC(O)C1. The normalized spacial score (nSPS) is 15.8. The number of halogens is 1. The zero-order valence-electron chi connectivity index (χ0n) is 9.51. The van der Waals surface area contributed by atoms with Gasteiger partial charge < -0.3 is 10.0 Å². The molecular formula is C13H11ClN2O2. The molecular weight excluding hydrogens is 252 g/mol. The summed E-state index contributed by atoms with van der Waals surface area (Å²) >= 11 is 6.07. The van der Waals surface area contributed by atoms with Crippen molar-refractivity contribution in [3.63, 3.8) is 0 Å². The zero-order chi connectivity index (χ0) is 12.7. The monoisotopic (exact) mass is 262 g/mol. The van der Waals surface area contributed by atoms with Gasteiger partial charge in [0.15, 0.2) is 0 Å². The minimum atomic E-state index is -0.412. The first-order chi connectivity index (χ1) is 8.65. The molecule has 2 aromatic rings. The van der Waals surface area contributed by atoms with Crippen molar-refractivity contribution < 1.29 is 9.90 Å². The number of rotatable bonds is 1. The van der Waals surface area contributed by atoms with Crippen molar-refractivity contribution in [1.82, 2.24) is 9.88 Å². The van der Waals surface area contributed by atoms with Gasteiger partial charge in [-0.1, -0.05) is 35.9 Å². The van der Waals surface area contributed by atoms with Gasteiger partial charge in [-0.3, -0.25) is 4.79 Å². The van der Waals surface area contributed by atoms with E-state index in [4.69, 9.17) is 11.6 Å². The molecule has 0 unspecified atom stereocenters. The lowest BCUT2D eigenvalue weighted by atomic mass is 10.1. The van der Waals surface area contributed by atoms with E-state index < -0.39 is 6.10 Å². The molecule has 1 aliphatic rings. The smallest absolute Gasteiger partial charge is 0.272 e. The predicted molar refractivity (Wildman–Crippen MR) is 68.7 cm³/mol. The summed E-state index contributed by atoms with van der Waals surface area (Å²) in [5.41, 5.74) is 0.325. The summed E-state index contributed by atoms with van der Waals surface area (Å²) < 4.78 is 0. The van der Waals surface area contributed by atoms with Gasteiger partial charge in [0, 0.05) is 18.5 Å². The highest BCUT2D eigenvalue weighted by Gasteiger charge is 2.30. The molecule has 1 amide bonds. The fourth-order valence-corrected chi connectivity index (χ4v) is 2.31. The third kappa shape index (κ3) is 1.83. The Balaban J connectivity index is 2.00. The van der Waals surface area contributed by atoms with Crippen LogP contribution in [-0.4, -0.2) is 40.1 Å². The van der Waals surface area contributed by atoms with Crippen LogP contribution in [0.5, 0.6) is 0 Å². The lowest BCUT2D eigenvalue weighted by Gasteiger charge is -2.35. The minimum absolute atomic E-state index is 0.187. The van der Waals surface area contributed by atoms with Crippen LogP contribution in [-0.2, 0) is 0 Å². The van der Waals surface area contributed by atoms with E-state index in [2.05, 4.69) is 4.98 Å². The number of fused-ring (bicyclic) bond motifs is 1. The Morgan fingerprint density at radius 3 is 2.83 bits per heavy atom. The molecule has 1 fully saturated rings. The summed E-state index contributed by atoms with van der Waals surface area (Å²) in [6, 6.07) is 9.26. The van der Waals surface area contributed by atoms with Gasteiger partial charge in [0.05, 0.1) is 6.10 Å². The largest absolute Gasteiger partial charge is 0.389 e. The number of benzene rings is 1. The van der Waals surface area contributed by atoms with Crippen LogP contribution in [0.15, 0.2) is 30.3 Å². The molecule has 2 heterocycles. The number of carbonyl (C=O) groups is 1. The Labute approximate surface area is 109 Å². The molecule has 0 radical (unpaired) electrons. The Morgan fingerprint density at radius 1 is 1.39 bits per heavy atom. The lowest BCUT2D eigenvalue weighted by molar-refractivity contribution is 0.00552. The zero-order valence-corrected chi connectivity index (χ0v) is 10.3. The number of likely N-dealkylation sites (tertiary alicyclic amines) is 1. The van der Waals surface area contributed by atoms with Crippen molar-refractivity contribution in [1.29, 1.82) is 0 Å². The van der Waals surface area contributed by atoms with Crippen LogP contribution in [0.2, 0.25) is 5.15 Å². The first-order valence-corrected chi connectivity index (χ1v) is 6.05. The second-order valence-electron chi connectivity index (χ2n) is 4.38. The van der Waals surface area contributed by atoms with E-state index in [0.29, 0.717) is 23.9 Å². The number of carbonyl (C=O) groups excluding carboxylic acids is 1. The Hall–Kier alpha value is -1.65. The summed E-state index contributed by atoms with van der Waals surface area (Å²) in [5.74, 6) is -0.187. The highest BCUT2D eigenvalue weighted by molar-refractivity contribution is 6.34. The van der Waals surface area contributed by atoms with Crippen molar-refractivity contribution in [3.05, 3.63) is 41.2 Å². The molecule has 5 heteroatoms. The van der Waals surface area contributed by atoms with Crippen LogP contribution in [0, 0.1) is 0 Å². The number of aliphatic hydroxyl groups excluding tert-OH is 1. The van der Waals surface area contributed by atoms with Crippen molar-refractivity contribution in [2.75, 3.05) is 13.1 Å². The molecule has 0 bridgehead atoms. The van der Waals surface area contributed by atoms with E-state index in [0.717, 1.165) is 10.8 Å². The number of nitrogens with zero attached hydrogens (tertiary/aromatic N) is 2. The number of aliphatic hydroxyl groups is 1. The molecule has 0 aliphatic carbocycles. The number of β-amino-alcohol motifs (C(OH)–C–C–N with tert-alkyl or cyclic N) is 1. The quantitative estimate of drug-likeness (QED) is 0.796. The van der Waals surface area contributed by atoms with E-state index in [-0.39, 0.29) is 5.91 Å². The molecule has 1 aromatic heterocycles. The lowest BCUT2D eigenvalue weighted by Crippen LogP contribution is -2.53. The van der Waals surface area contributed by atoms with E-state index in [1.807, 2.05) is 24.3 Å². The van der Waals surface area contributed by atoms with Gasteiger partial charge in [-0.05, 0) is 11.5 Å².